The number of non-ortho nitro benzene ring substituents is 1. The molecule has 0 aliphatic carbocycles. The van der Waals surface area contributed by atoms with Crippen LogP contribution in [0, 0.1) is 10.1 Å². The van der Waals surface area contributed by atoms with Crippen LogP contribution in [0.4, 0.5) is 5.69 Å². The van der Waals surface area contributed by atoms with Gasteiger partial charge in [0.15, 0.2) is 0 Å². The topological polar surface area (TPSA) is 123 Å². The standard InChI is InChI=1S/C19H17N5O4/c1-2-28-18-6-4-3-5-15(18)16-11-17(22-21-16)19(25)23-20-12-13-7-9-14(10-8-13)24(26)27/h3-12H,2H2,1H3,(H,21,22)(H,23,25)/b20-12-. The molecule has 0 saturated carbocycles. The monoisotopic (exact) mass is 379 g/mol. The summed E-state index contributed by atoms with van der Waals surface area (Å²) in [5.74, 6) is 0.213. The van der Waals surface area contributed by atoms with Gasteiger partial charge in [-0.2, -0.15) is 10.2 Å². The number of aromatic nitrogens is 2. The Hall–Kier alpha value is -4.01. The number of aromatic amines is 1. The summed E-state index contributed by atoms with van der Waals surface area (Å²) in [6, 6.07) is 14.8. The second kappa shape index (κ2) is 8.58. The predicted molar refractivity (Wildman–Crippen MR) is 103 cm³/mol. The number of carbonyl (C=O) groups is 1. The number of H-pyrrole nitrogens is 1. The number of hydrazone groups is 1. The van der Waals surface area contributed by atoms with Gasteiger partial charge in [0, 0.05) is 17.7 Å². The molecule has 0 fully saturated rings. The normalized spacial score (nSPS) is 10.8. The first-order valence-electron chi connectivity index (χ1n) is 8.44. The third-order valence-corrected chi connectivity index (χ3v) is 3.77. The minimum atomic E-state index is -0.484. The molecule has 142 valence electrons. The van der Waals surface area contributed by atoms with E-state index in [2.05, 4.69) is 20.7 Å². The summed E-state index contributed by atoms with van der Waals surface area (Å²) in [5, 5.41) is 21.3. The molecule has 0 aliphatic heterocycles. The van der Waals surface area contributed by atoms with E-state index in [0.29, 0.717) is 23.6 Å². The van der Waals surface area contributed by atoms with Gasteiger partial charge in [0.1, 0.15) is 11.4 Å². The first-order valence-corrected chi connectivity index (χ1v) is 8.44. The number of nitro benzene ring substituents is 1. The number of carbonyl (C=O) groups excluding carboxylic acids is 1. The highest BCUT2D eigenvalue weighted by Gasteiger charge is 2.13. The number of nitrogens with zero attached hydrogens (tertiary/aromatic N) is 3. The van der Waals surface area contributed by atoms with Crippen LogP contribution < -0.4 is 10.2 Å². The zero-order valence-corrected chi connectivity index (χ0v) is 15.0. The number of nitrogens with one attached hydrogen (secondary N) is 2. The summed E-state index contributed by atoms with van der Waals surface area (Å²) < 4.78 is 5.58. The number of rotatable bonds is 7. The van der Waals surface area contributed by atoms with Gasteiger partial charge in [-0.25, -0.2) is 5.43 Å². The zero-order valence-electron chi connectivity index (χ0n) is 15.0. The van der Waals surface area contributed by atoms with Gasteiger partial charge in [0.05, 0.1) is 23.4 Å². The van der Waals surface area contributed by atoms with Gasteiger partial charge >= 0.3 is 0 Å². The number of para-hydroxylation sites is 1. The molecule has 1 amide bonds. The van der Waals surface area contributed by atoms with Crippen LogP contribution in [0.1, 0.15) is 23.0 Å². The first-order chi connectivity index (χ1) is 13.6. The average Bonchev–Trinajstić information content (AvgIpc) is 3.19. The van der Waals surface area contributed by atoms with Crippen molar-refractivity contribution in [1.29, 1.82) is 0 Å². The molecule has 1 aromatic heterocycles. The lowest BCUT2D eigenvalue weighted by molar-refractivity contribution is -0.384. The molecule has 2 N–H and O–H groups in total. The van der Waals surface area contributed by atoms with E-state index in [1.165, 1.54) is 30.5 Å². The maximum absolute atomic E-state index is 12.2. The summed E-state index contributed by atoms with van der Waals surface area (Å²) in [4.78, 5) is 22.4. The molecule has 0 aliphatic rings. The Labute approximate surface area is 160 Å². The third-order valence-electron chi connectivity index (χ3n) is 3.77. The fourth-order valence-corrected chi connectivity index (χ4v) is 2.44. The van der Waals surface area contributed by atoms with Crippen LogP contribution in [0.2, 0.25) is 0 Å². The van der Waals surface area contributed by atoms with Crippen molar-refractivity contribution in [3.05, 3.63) is 76.0 Å². The smallest absolute Gasteiger partial charge is 0.289 e. The lowest BCUT2D eigenvalue weighted by Crippen LogP contribution is -2.17. The highest BCUT2D eigenvalue weighted by Crippen LogP contribution is 2.28. The Balaban J connectivity index is 1.67. The number of ether oxygens (including phenoxy) is 1. The molecule has 2 aromatic carbocycles. The van der Waals surface area contributed by atoms with Crippen molar-refractivity contribution in [3.63, 3.8) is 0 Å². The molecule has 3 rings (SSSR count). The molecule has 0 saturated heterocycles. The molecule has 0 unspecified atom stereocenters. The van der Waals surface area contributed by atoms with Crippen LogP contribution in [0.25, 0.3) is 11.3 Å². The number of amides is 1. The molecule has 28 heavy (non-hydrogen) atoms. The molecule has 0 spiro atoms. The number of nitro groups is 1. The van der Waals surface area contributed by atoms with E-state index < -0.39 is 10.8 Å². The van der Waals surface area contributed by atoms with Crippen molar-refractivity contribution in [2.24, 2.45) is 5.10 Å². The Bertz CT molecular complexity index is 1010. The van der Waals surface area contributed by atoms with Crippen molar-refractivity contribution < 1.29 is 14.5 Å². The lowest BCUT2D eigenvalue weighted by atomic mass is 10.1. The lowest BCUT2D eigenvalue weighted by Gasteiger charge is -2.07. The maximum atomic E-state index is 12.2. The van der Waals surface area contributed by atoms with Gasteiger partial charge in [-0.3, -0.25) is 20.0 Å². The van der Waals surface area contributed by atoms with Crippen LogP contribution >= 0.6 is 0 Å². The second-order valence-electron chi connectivity index (χ2n) is 5.64. The molecule has 9 nitrogen and oxygen atoms in total. The van der Waals surface area contributed by atoms with Gasteiger partial charge in [-0.15, -0.1) is 0 Å². The predicted octanol–water partition coefficient (Wildman–Crippen LogP) is 3.15. The van der Waals surface area contributed by atoms with Gasteiger partial charge in [0.2, 0.25) is 0 Å². The fourth-order valence-electron chi connectivity index (χ4n) is 2.44. The van der Waals surface area contributed by atoms with E-state index in [0.717, 1.165) is 5.56 Å². The van der Waals surface area contributed by atoms with Crippen LogP contribution in [0.3, 0.4) is 0 Å². The summed E-state index contributed by atoms with van der Waals surface area (Å²) in [6.45, 7) is 2.41. The average molecular weight is 379 g/mol. The molecular weight excluding hydrogens is 362 g/mol. The molecule has 3 aromatic rings. The van der Waals surface area contributed by atoms with Gasteiger partial charge in [-0.05, 0) is 42.8 Å². The van der Waals surface area contributed by atoms with Gasteiger partial charge < -0.3 is 4.74 Å². The number of hydrogen-bond donors (Lipinski definition) is 2. The number of benzene rings is 2. The highest BCUT2D eigenvalue weighted by atomic mass is 16.6. The van der Waals surface area contributed by atoms with Crippen LogP contribution in [0.15, 0.2) is 59.7 Å². The third kappa shape index (κ3) is 4.39. The van der Waals surface area contributed by atoms with E-state index in [1.807, 2.05) is 31.2 Å². The van der Waals surface area contributed by atoms with Gasteiger partial charge in [-0.1, -0.05) is 12.1 Å². The van der Waals surface area contributed by atoms with Crippen molar-refractivity contribution in [1.82, 2.24) is 15.6 Å². The summed E-state index contributed by atoms with van der Waals surface area (Å²) in [7, 11) is 0. The second-order valence-corrected chi connectivity index (χ2v) is 5.64. The van der Waals surface area contributed by atoms with Crippen LogP contribution in [-0.4, -0.2) is 33.8 Å². The zero-order chi connectivity index (χ0) is 19.9. The molecule has 1 heterocycles. The van der Waals surface area contributed by atoms with Crippen molar-refractivity contribution in [3.8, 4) is 17.0 Å². The summed E-state index contributed by atoms with van der Waals surface area (Å²) in [6.07, 6.45) is 1.39. The Morgan fingerprint density at radius 2 is 2.04 bits per heavy atom. The highest BCUT2D eigenvalue weighted by molar-refractivity contribution is 5.94. The first kappa shape index (κ1) is 18.8. The Morgan fingerprint density at radius 3 is 2.75 bits per heavy atom. The molecule has 9 heteroatoms. The minimum absolute atomic E-state index is 0.0153. The summed E-state index contributed by atoms with van der Waals surface area (Å²) >= 11 is 0. The van der Waals surface area contributed by atoms with Crippen LogP contribution in [-0.2, 0) is 0 Å². The Kier molecular flexibility index (Phi) is 5.75. The van der Waals surface area contributed by atoms with E-state index >= 15 is 0 Å². The fraction of sp³-hybridized carbons (Fsp3) is 0.105. The van der Waals surface area contributed by atoms with Crippen molar-refractivity contribution in [2.45, 2.75) is 6.92 Å². The van der Waals surface area contributed by atoms with Crippen molar-refractivity contribution in [2.75, 3.05) is 6.61 Å². The van der Waals surface area contributed by atoms with Crippen molar-refractivity contribution >= 4 is 17.8 Å². The van der Waals surface area contributed by atoms with E-state index in [9.17, 15) is 14.9 Å². The minimum Gasteiger partial charge on any atom is -0.493 e. The molecule has 0 bridgehead atoms. The number of hydrogen-bond acceptors (Lipinski definition) is 6. The van der Waals surface area contributed by atoms with E-state index in [4.69, 9.17) is 4.74 Å². The quantitative estimate of drug-likeness (QED) is 0.371. The SMILES string of the molecule is CCOc1ccccc1-c1cc(C(=O)N/N=C\c2ccc([N+](=O)[O-])cc2)[nH]n1. The largest absolute Gasteiger partial charge is 0.493 e. The van der Waals surface area contributed by atoms with Gasteiger partial charge in [0.25, 0.3) is 11.6 Å². The molecular formula is C19H17N5O4. The molecule has 0 radical (unpaired) electrons. The summed E-state index contributed by atoms with van der Waals surface area (Å²) in [5.41, 5.74) is 4.57. The maximum Gasteiger partial charge on any atom is 0.289 e. The Morgan fingerprint density at radius 1 is 1.29 bits per heavy atom. The molecule has 0 atom stereocenters. The van der Waals surface area contributed by atoms with Crippen LogP contribution in [0.5, 0.6) is 5.75 Å². The van der Waals surface area contributed by atoms with E-state index in [1.54, 1.807) is 6.07 Å². The van der Waals surface area contributed by atoms with E-state index in [-0.39, 0.29) is 11.4 Å².